The third-order valence-electron chi connectivity index (χ3n) is 7.27. The summed E-state index contributed by atoms with van der Waals surface area (Å²) in [5.41, 5.74) is 6.71. The van der Waals surface area contributed by atoms with Gasteiger partial charge in [0.1, 0.15) is 10.9 Å². The molecule has 5 aromatic rings. The minimum absolute atomic E-state index is 0.114. The van der Waals surface area contributed by atoms with Gasteiger partial charge in [0, 0.05) is 21.8 Å². The van der Waals surface area contributed by atoms with Crippen molar-refractivity contribution in [3.63, 3.8) is 0 Å². The molecule has 0 fully saturated rings. The number of rotatable bonds is 10. The molecule has 5 rings (SSSR count). The van der Waals surface area contributed by atoms with Gasteiger partial charge in [-0.2, -0.15) is 0 Å². The number of thioether (sulfide) groups is 1. The van der Waals surface area contributed by atoms with Gasteiger partial charge in [-0.1, -0.05) is 90.5 Å². The summed E-state index contributed by atoms with van der Waals surface area (Å²) in [4.78, 5) is 40.9. The van der Waals surface area contributed by atoms with Crippen molar-refractivity contribution in [2.24, 2.45) is 0 Å². The fourth-order valence-electron chi connectivity index (χ4n) is 4.69. The number of carbonyl (C=O) groups excluding carboxylic acids is 3. The average molecular weight is 626 g/mol. The second-order valence-electron chi connectivity index (χ2n) is 11.0. The maximum absolute atomic E-state index is 13.6. The normalized spacial score (nSPS) is 11.8. The van der Waals surface area contributed by atoms with Crippen LogP contribution in [0.3, 0.4) is 0 Å². The van der Waals surface area contributed by atoms with Gasteiger partial charge >= 0.3 is 0 Å². The van der Waals surface area contributed by atoms with Crippen molar-refractivity contribution in [3.05, 3.63) is 166 Å². The summed E-state index contributed by atoms with van der Waals surface area (Å²) in [6.45, 7) is 5.96. The van der Waals surface area contributed by atoms with Crippen LogP contribution in [0.5, 0.6) is 0 Å². The van der Waals surface area contributed by atoms with Crippen molar-refractivity contribution in [2.45, 2.75) is 30.9 Å². The van der Waals surface area contributed by atoms with Gasteiger partial charge in [0.05, 0.1) is 0 Å². The predicted octanol–water partition coefficient (Wildman–Crippen LogP) is 8.49. The zero-order valence-corrected chi connectivity index (χ0v) is 26.7. The first-order chi connectivity index (χ1) is 22.2. The Hall–Kier alpha value is -5.40. The van der Waals surface area contributed by atoms with E-state index in [-0.39, 0.29) is 17.5 Å². The van der Waals surface area contributed by atoms with Crippen LogP contribution in [0.15, 0.2) is 138 Å². The van der Waals surface area contributed by atoms with Gasteiger partial charge in [-0.25, -0.2) is 0 Å². The summed E-state index contributed by atoms with van der Waals surface area (Å²) in [5, 5.41) is 8.28. The molecule has 7 heteroatoms. The van der Waals surface area contributed by atoms with Gasteiger partial charge in [0.25, 0.3) is 11.8 Å². The quantitative estimate of drug-likeness (QED) is 0.107. The maximum atomic E-state index is 13.6. The van der Waals surface area contributed by atoms with Crippen LogP contribution in [-0.4, -0.2) is 17.7 Å². The topological polar surface area (TPSA) is 87.3 Å². The van der Waals surface area contributed by atoms with Crippen LogP contribution in [0.4, 0.5) is 11.4 Å². The van der Waals surface area contributed by atoms with Crippen LogP contribution in [0, 0.1) is 20.8 Å². The van der Waals surface area contributed by atoms with E-state index in [9.17, 15) is 14.4 Å². The van der Waals surface area contributed by atoms with Crippen LogP contribution in [0.2, 0.25) is 0 Å². The Morgan fingerprint density at radius 3 is 1.98 bits per heavy atom. The van der Waals surface area contributed by atoms with Gasteiger partial charge in [0.2, 0.25) is 5.91 Å². The van der Waals surface area contributed by atoms with E-state index in [0.717, 1.165) is 38.4 Å². The highest BCUT2D eigenvalue weighted by molar-refractivity contribution is 8.00. The molecular formula is C39H35N3O3S. The number of carbonyl (C=O) groups is 3. The number of benzene rings is 5. The molecule has 0 aliphatic rings. The largest absolute Gasteiger partial charge is 0.325 e. The number of hydrogen-bond donors (Lipinski definition) is 3. The number of aryl methyl sites for hydroxylation is 3. The lowest BCUT2D eigenvalue weighted by Gasteiger charge is -2.18. The molecule has 0 spiro atoms. The Balaban J connectivity index is 1.33. The molecule has 0 saturated heterocycles. The zero-order chi connectivity index (χ0) is 32.5. The van der Waals surface area contributed by atoms with Crippen molar-refractivity contribution in [1.82, 2.24) is 5.32 Å². The van der Waals surface area contributed by atoms with E-state index in [2.05, 4.69) is 16.0 Å². The molecule has 0 heterocycles. The molecule has 0 radical (unpaired) electrons. The van der Waals surface area contributed by atoms with E-state index in [1.165, 1.54) is 11.8 Å². The molecule has 6 nitrogen and oxygen atoms in total. The Morgan fingerprint density at radius 2 is 1.30 bits per heavy atom. The van der Waals surface area contributed by atoms with Crippen LogP contribution in [0.1, 0.15) is 43.4 Å². The Bertz CT molecular complexity index is 1850. The summed E-state index contributed by atoms with van der Waals surface area (Å²) in [6, 6.07) is 39.4. The van der Waals surface area contributed by atoms with Crippen LogP contribution in [-0.2, 0) is 9.59 Å². The fourth-order valence-corrected chi connectivity index (χ4v) is 5.72. The van der Waals surface area contributed by atoms with E-state index < -0.39 is 11.2 Å². The van der Waals surface area contributed by atoms with Crippen molar-refractivity contribution >= 4 is 46.9 Å². The second-order valence-corrected chi connectivity index (χ2v) is 12.2. The summed E-state index contributed by atoms with van der Waals surface area (Å²) in [6.07, 6.45) is 1.65. The first kappa shape index (κ1) is 32.0. The number of hydrogen-bond acceptors (Lipinski definition) is 4. The monoisotopic (exact) mass is 625 g/mol. The highest BCUT2D eigenvalue weighted by Crippen LogP contribution is 2.37. The van der Waals surface area contributed by atoms with Gasteiger partial charge in [-0.3, -0.25) is 14.4 Å². The predicted molar refractivity (Wildman–Crippen MR) is 188 cm³/mol. The molecule has 0 aromatic heterocycles. The lowest BCUT2D eigenvalue weighted by atomic mass is 10.1. The van der Waals surface area contributed by atoms with Crippen molar-refractivity contribution in [1.29, 1.82) is 0 Å². The average Bonchev–Trinajstić information content (AvgIpc) is 3.07. The fraction of sp³-hybridized carbons (Fsp3) is 0.103. The lowest BCUT2D eigenvalue weighted by Crippen LogP contribution is -2.30. The number of nitrogens with one attached hydrogen (secondary N) is 3. The molecule has 1 unspecified atom stereocenters. The summed E-state index contributed by atoms with van der Waals surface area (Å²) >= 11 is 1.43. The highest BCUT2D eigenvalue weighted by Gasteiger charge is 2.23. The maximum Gasteiger partial charge on any atom is 0.272 e. The molecule has 0 aliphatic heterocycles. The molecule has 230 valence electrons. The Morgan fingerprint density at radius 1 is 0.674 bits per heavy atom. The standard InChI is InChI=1S/C39H35N3O3S/c1-26-15-18-29(19-16-26)25-35(42-37(43)31-12-8-5-9-13-31)38(44)40-32-20-22-33(23-21-32)46-36(30-10-6-4-7-11-30)39(45)41-34-24-27(2)14-17-28(34)3/h4-25,36H,1-3H3,(H,40,44)(H,41,45)(H,42,43)/b35-25-. The summed E-state index contributed by atoms with van der Waals surface area (Å²) < 4.78 is 0. The van der Waals surface area contributed by atoms with Crippen LogP contribution in [0.25, 0.3) is 6.08 Å². The van der Waals surface area contributed by atoms with Crippen molar-refractivity contribution in [3.8, 4) is 0 Å². The highest BCUT2D eigenvalue weighted by atomic mass is 32.2. The van der Waals surface area contributed by atoms with Gasteiger partial charge in [-0.15, -0.1) is 11.8 Å². The zero-order valence-electron chi connectivity index (χ0n) is 25.9. The van der Waals surface area contributed by atoms with Gasteiger partial charge in [-0.05, 0) is 91.6 Å². The molecular weight excluding hydrogens is 591 g/mol. The summed E-state index contributed by atoms with van der Waals surface area (Å²) in [5.74, 6) is -0.963. The van der Waals surface area contributed by atoms with Crippen molar-refractivity contribution in [2.75, 3.05) is 10.6 Å². The molecule has 0 aliphatic carbocycles. The lowest BCUT2D eigenvalue weighted by molar-refractivity contribution is -0.116. The van der Waals surface area contributed by atoms with Crippen LogP contribution < -0.4 is 16.0 Å². The van der Waals surface area contributed by atoms with Crippen LogP contribution >= 0.6 is 11.8 Å². The summed E-state index contributed by atoms with van der Waals surface area (Å²) in [7, 11) is 0. The van der Waals surface area contributed by atoms with E-state index in [1.807, 2.05) is 112 Å². The Labute approximate surface area is 274 Å². The molecule has 0 saturated carbocycles. The first-order valence-electron chi connectivity index (χ1n) is 14.9. The third kappa shape index (κ3) is 8.61. The van der Waals surface area contributed by atoms with E-state index >= 15 is 0 Å². The SMILES string of the molecule is Cc1ccc(/C=C(\NC(=O)c2ccccc2)C(=O)Nc2ccc(SC(C(=O)Nc3cc(C)ccc3C)c3ccccc3)cc2)cc1. The molecule has 3 N–H and O–H groups in total. The van der Waals surface area contributed by atoms with E-state index in [0.29, 0.717) is 11.3 Å². The van der Waals surface area contributed by atoms with E-state index in [1.54, 1.807) is 42.5 Å². The smallest absolute Gasteiger partial charge is 0.272 e. The molecule has 46 heavy (non-hydrogen) atoms. The first-order valence-corrected chi connectivity index (χ1v) is 15.8. The van der Waals surface area contributed by atoms with Gasteiger partial charge in [0.15, 0.2) is 0 Å². The minimum atomic E-state index is -0.501. The van der Waals surface area contributed by atoms with Gasteiger partial charge < -0.3 is 16.0 Å². The number of anilines is 2. The molecule has 0 bridgehead atoms. The Kier molecular flexibility index (Phi) is 10.5. The molecule has 5 aromatic carbocycles. The second kappa shape index (κ2) is 15.1. The van der Waals surface area contributed by atoms with E-state index in [4.69, 9.17) is 0 Å². The third-order valence-corrected chi connectivity index (χ3v) is 8.54. The van der Waals surface area contributed by atoms with Crippen molar-refractivity contribution < 1.29 is 14.4 Å². The molecule has 1 atom stereocenters. The minimum Gasteiger partial charge on any atom is -0.325 e. The molecule has 3 amide bonds. The number of amides is 3.